The molecule has 0 radical (unpaired) electrons. The number of aliphatic hydroxyl groups is 1. The minimum absolute atomic E-state index is 0.103. The number of H-pyrrole nitrogens is 1. The third-order valence-corrected chi connectivity index (χ3v) is 6.72. The summed E-state index contributed by atoms with van der Waals surface area (Å²) in [5, 5.41) is 13.3. The van der Waals surface area contributed by atoms with E-state index in [1.54, 1.807) is 6.33 Å². The molecule has 2 aliphatic carbocycles. The third kappa shape index (κ3) is 3.62. The Bertz CT molecular complexity index is 952. The maximum atomic E-state index is 13.0. The fourth-order valence-corrected chi connectivity index (χ4v) is 4.56. The first-order valence-corrected chi connectivity index (χ1v) is 10.7. The smallest absolute Gasteiger partial charge is 0.331 e. The van der Waals surface area contributed by atoms with Crippen LogP contribution in [0.2, 0.25) is 0 Å². The molecule has 1 saturated heterocycles. The van der Waals surface area contributed by atoms with Crippen molar-refractivity contribution in [2.45, 2.75) is 38.1 Å². The van der Waals surface area contributed by atoms with E-state index in [2.05, 4.69) is 25.2 Å². The molecule has 0 bridgehead atoms. The lowest BCUT2D eigenvalue weighted by Gasteiger charge is -2.39. The van der Waals surface area contributed by atoms with Gasteiger partial charge < -0.3 is 25.0 Å². The molecule has 2 aromatic rings. The van der Waals surface area contributed by atoms with Crippen molar-refractivity contribution < 1.29 is 19.4 Å². The van der Waals surface area contributed by atoms with E-state index >= 15 is 0 Å². The molecule has 9 nitrogen and oxygen atoms in total. The average molecular weight is 413 g/mol. The van der Waals surface area contributed by atoms with Crippen molar-refractivity contribution in [3.05, 3.63) is 18.6 Å². The number of hydrogen-bond donors (Lipinski definition) is 3. The summed E-state index contributed by atoms with van der Waals surface area (Å²) in [7, 11) is 0. The molecule has 1 amide bonds. The summed E-state index contributed by atoms with van der Waals surface area (Å²) < 4.78 is 5.24. The lowest BCUT2D eigenvalue weighted by Crippen LogP contribution is -2.52. The number of amides is 1. The summed E-state index contributed by atoms with van der Waals surface area (Å²) in [5.41, 5.74) is 0.702. The fraction of sp³-hybridized carbons (Fsp3) is 0.619. The molecule has 2 atom stereocenters. The van der Waals surface area contributed by atoms with Crippen LogP contribution in [-0.2, 0) is 14.3 Å². The second-order valence-electron chi connectivity index (χ2n) is 8.88. The Morgan fingerprint density at radius 2 is 2.17 bits per heavy atom. The van der Waals surface area contributed by atoms with Gasteiger partial charge in [-0.1, -0.05) is 0 Å². The zero-order valence-corrected chi connectivity index (χ0v) is 16.8. The van der Waals surface area contributed by atoms with E-state index in [0.29, 0.717) is 25.5 Å². The van der Waals surface area contributed by atoms with Crippen LogP contribution in [0.1, 0.15) is 32.1 Å². The summed E-state index contributed by atoms with van der Waals surface area (Å²) in [4.78, 5) is 39.3. The highest BCUT2D eigenvalue weighted by atomic mass is 16.5. The molecule has 5 rings (SSSR count). The number of aliphatic hydroxyl groups excluding tert-OH is 1. The highest BCUT2D eigenvalue weighted by Gasteiger charge is 2.55. The number of carbonyl (C=O) groups is 2. The Balaban J connectivity index is 1.24. The van der Waals surface area contributed by atoms with Crippen LogP contribution in [0.25, 0.3) is 11.0 Å². The molecule has 9 heteroatoms. The predicted molar refractivity (Wildman–Crippen MR) is 109 cm³/mol. The van der Waals surface area contributed by atoms with Crippen molar-refractivity contribution in [3.8, 4) is 0 Å². The fourth-order valence-electron chi connectivity index (χ4n) is 4.56. The summed E-state index contributed by atoms with van der Waals surface area (Å²) in [6, 6.07) is 0.980. The molecule has 3 aliphatic rings. The minimum atomic E-state index is -0.994. The van der Waals surface area contributed by atoms with E-state index in [-0.39, 0.29) is 17.2 Å². The highest BCUT2D eigenvalue weighted by molar-refractivity contribution is 5.89. The SMILES string of the molecule is O=C(N[C@H](CO)C(=O)OCC1CC1)[C@H]1CCN(c2ncnc3[nH]ccc23)CC12CC2. The van der Waals surface area contributed by atoms with Gasteiger partial charge in [0.05, 0.1) is 18.6 Å². The quantitative estimate of drug-likeness (QED) is 0.579. The first-order valence-electron chi connectivity index (χ1n) is 10.7. The van der Waals surface area contributed by atoms with Gasteiger partial charge in [-0.2, -0.15) is 0 Å². The van der Waals surface area contributed by atoms with Gasteiger partial charge in [0.25, 0.3) is 0 Å². The van der Waals surface area contributed by atoms with Crippen molar-refractivity contribution in [2.75, 3.05) is 31.2 Å². The van der Waals surface area contributed by atoms with Gasteiger partial charge in [0.15, 0.2) is 6.04 Å². The summed E-state index contributed by atoms with van der Waals surface area (Å²) in [5.74, 6) is 0.446. The Kier molecular flexibility index (Phi) is 4.85. The number of piperidine rings is 1. The van der Waals surface area contributed by atoms with Crippen molar-refractivity contribution in [1.82, 2.24) is 20.3 Å². The lowest BCUT2D eigenvalue weighted by molar-refractivity contribution is -0.150. The molecule has 0 unspecified atom stereocenters. The van der Waals surface area contributed by atoms with Gasteiger partial charge in [0.1, 0.15) is 17.8 Å². The van der Waals surface area contributed by atoms with Crippen LogP contribution in [0, 0.1) is 17.3 Å². The molecule has 1 spiro atoms. The monoisotopic (exact) mass is 413 g/mol. The maximum Gasteiger partial charge on any atom is 0.331 e. The van der Waals surface area contributed by atoms with Crippen molar-refractivity contribution >= 4 is 28.7 Å². The molecule has 0 aromatic carbocycles. The number of nitrogens with one attached hydrogen (secondary N) is 2. The van der Waals surface area contributed by atoms with E-state index < -0.39 is 18.6 Å². The minimum Gasteiger partial charge on any atom is -0.464 e. The number of anilines is 1. The predicted octanol–water partition coefficient (Wildman–Crippen LogP) is 0.995. The number of carbonyl (C=O) groups excluding carboxylic acids is 2. The van der Waals surface area contributed by atoms with E-state index in [0.717, 1.165) is 49.1 Å². The Hall–Kier alpha value is -2.68. The Labute approximate surface area is 174 Å². The topological polar surface area (TPSA) is 120 Å². The number of rotatable bonds is 7. The molecule has 160 valence electrons. The zero-order valence-electron chi connectivity index (χ0n) is 16.8. The lowest BCUT2D eigenvalue weighted by atomic mass is 9.81. The zero-order chi connectivity index (χ0) is 20.7. The van der Waals surface area contributed by atoms with Gasteiger partial charge in [-0.15, -0.1) is 0 Å². The standard InChI is InChI=1S/C21H27N5O4/c27-9-16(20(29)30-10-13-1-2-13)25-19(28)15-4-8-26(11-21(15)5-6-21)18-14-3-7-22-17(14)23-12-24-18/h3,7,12-13,15-16,27H,1-2,4-6,8-11H2,(H,25,28)(H,22,23,24)/t15-,16-/m1/s1. The van der Waals surface area contributed by atoms with E-state index in [1.807, 2.05) is 12.3 Å². The van der Waals surface area contributed by atoms with Gasteiger partial charge in [0, 0.05) is 25.2 Å². The molecule has 30 heavy (non-hydrogen) atoms. The first kappa shape index (κ1) is 19.3. The number of fused-ring (bicyclic) bond motifs is 1. The van der Waals surface area contributed by atoms with Gasteiger partial charge in [-0.25, -0.2) is 14.8 Å². The number of esters is 1. The molecular weight excluding hydrogens is 386 g/mol. The first-order chi connectivity index (χ1) is 14.6. The summed E-state index contributed by atoms with van der Waals surface area (Å²) >= 11 is 0. The van der Waals surface area contributed by atoms with Crippen LogP contribution < -0.4 is 10.2 Å². The van der Waals surface area contributed by atoms with Crippen LogP contribution >= 0.6 is 0 Å². The van der Waals surface area contributed by atoms with Gasteiger partial charge >= 0.3 is 5.97 Å². The number of aromatic amines is 1. The molecule has 2 aromatic heterocycles. The van der Waals surface area contributed by atoms with Crippen LogP contribution in [0.3, 0.4) is 0 Å². The average Bonchev–Trinajstić information content (AvgIpc) is 3.68. The molecular formula is C21H27N5O4. The van der Waals surface area contributed by atoms with Crippen LogP contribution in [0.5, 0.6) is 0 Å². The molecule has 1 aliphatic heterocycles. The van der Waals surface area contributed by atoms with Gasteiger partial charge in [-0.3, -0.25) is 4.79 Å². The highest BCUT2D eigenvalue weighted by Crippen LogP contribution is 2.56. The van der Waals surface area contributed by atoms with Crippen LogP contribution in [0.15, 0.2) is 18.6 Å². The third-order valence-electron chi connectivity index (χ3n) is 6.72. The van der Waals surface area contributed by atoms with Gasteiger partial charge in [0.2, 0.25) is 5.91 Å². The largest absolute Gasteiger partial charge is 0.464 e. The van der Waals surface area contributed by atoms with Gasteiger partial charge in [-0.05, 0) is 49.5 Å². The molecule has 2 saturated carbocycles. The maximum absolute atomic E-state index is 13.0. The Morgan fingerprint density at radius 1 is 1.33 bits per heavy atom. The van der Waals surface area contributed by atoms with Crippen molar-refractivity contribution in [2.24, 2.45) is 17.3 Å². The molecule has 3 heterocycles. The number of hydrogen-bond acceptors (Lipinski definition) is 7. The Morgan fingerprint density at radius 3 is 2.90 bits per heavy atom. The second kappa shape index (κ2) is 7.54. The summed E-state index contributed by atoms with van der Waals surface area (Å²) in [6.45, 7) is 1.37. The normalized spacial score (nSPS) is 23.4. The van der Waals surface area contributed by atoms with E-state index in [9.17, 15) is 14.7 Å². The number of aromatic nitrogens is 3. The summed E-state index contributed by atoms with van der Waals surface area (Å²) in [6.07, 6.45) is 8.19. The molecule has 3 fully saturated rings. The number of nitrogens with zero attached hydrogens (tertiary/aromatic N) is 3. The van der Waals surface area contributed by atoms with Crippen molar-refractivity contribution in [3.63, 3.8) is 0 Å². The van der Waals surface area contributed by atoms with Crippen molar-refractivity contribution in [1.29, 1.82) is 0 Å². The van der Waals surface area contributed by atoms with E-state index in [1.165, 1.54) is 0 Å². The molecule has 3 N–H and O–H groups in total. The second-order valence-corrected chi connectivity index (χ2v) is 8.88. The van der Waals surface area contributed by atoms with Crippen LogP contribution in [0.4, 0.5) is 5.82 Å². The van der Waals surface area contributed by atoms with E-state index in [4.69, 9.17) is 4.74 Å². The van der Waals surface area contributed by atoms with Crippen LogP contribution in [-0.4, -0.2) is 64.3 Å². The number of ether oxygens (including phenoxy) is 1.